The molecule has 4 rings (SSSR count). The summed E-state index contributed by atoms with van der Waals surface area (Å²) < 4.78 is 40.0. The van der Waals surface area contributed by atoms with Crippen LogP contribution >= 0.6 is 0 Å². The summed E-state index contributed by atoms with van der Waals surface area (Å²) in [5.41, 5.74) is 30.3. The maximum absolute atomic E-state index is 16.6. The highest BCUT2D eigenvalue weighted by Gasteiger charge is 2.52. The monoisotopic (exact) mass is 691 g/mol. The number of guanidine groups is 1. The van der Waals surface area contributed by atoms with Crippen LogP contribution in [0.2, 0.25) is 0 Å². The molecule has 0 amide bonds. The minimum absolute atomic E-state index is 0.0177. The molecule has 20 heteroatoms. The van der Waals surface area contributed by atoms with Gasteiger partial charge in [-0.2, -0.15) is 0 Å². The first-order valence-corrected chi connectivity index (χ1v) is 15.9. The van der Waals surface area contributed by atoms with Crippen molar-refractivity contribution >= 4 is 11.7 Å². The number of carbonyl (C=O) groups is 1. The fourth-order valence-electron chi connectivity index (χ4n) is 6.26. The van der Waals surface area contributed by atoms with Crippen molar-refractivity contribution < 1.29 is 53.7 Å². The van der Waals surface area contributed by atoms with Crippen molar-refractivity contribution in [2.75, 3.05) is 19.7 Å². The van der Waals surface area contributed by atoms with Crippen molar-refractivity contribution in [2.24, 2.45) is 39.6 Å². The molecule has 48 heavy (non-hydrogen) atoms. The number of nitrogens with zero attached hydrogens (tertiary/aromatic N) is 2. The smallest absolute Gasteiger partial charge is 0.189 e. The molecule has 2 aliphatic heterocycles. The van der Waals surface area contributed by atoms with Gasteiger partial charge in [0.2, 0.25) is 0 Å². The summed E-state index contributed by atoms with van der Waals surface area (Å²) in [7, 11) is 0. The van der Waals surface area contributed by atoms with Crippen LogP contribution in [0.4, 0.5) is 4.39 Å². The quantitative estimate of drug-likeness (QED) is 0.0639. The molecule has 0 radical (unpaired) electrons. The molecule has 15 atom stereocenters. The van der Waals surface area contributed by atoms with E-state index >= 15 is 4.39 Å². The van der Waals surface area contributed by atoms with Gasteiger partial charge in [0.1, 0.15) is 30.5 Å². The molecule has 3 fully saturated rings. The number of aromatic nitrogens is 2. The van der Waals surface area contributed by atoms with Gasteiger partial charge in [0, 0.05) is 25.2 Å². The number of ether oxygens (including phenoxy) is 4. The van der Waals surface area contributed by atoms with E-state index in [4.69, 9.17) is 47.6 Å². The van der Waals surface area contributed by atoms with Crippen LogP contribution in [0.5, 0.6) is 0 Å². The Morgan fingerprint density at radius 1 is 1.10 bits per heavy atom. The number of nitrogens with two attached hydrogens (primary N) is 5. The van der Waals surface area contributed by atoms with Gasteiger partial charge in [-0.15, -0.1) is 0 Å². The topological polar surface area (TPSA) is 338 Å². The van der Waals surface area contributed by atoms with Gasteiger partial charge in [0.05, 0.1) is 55.6 Å². The number of rotatable bonds is 14. The highest BCUT2D eigenvalue weighted by Crippen LogP contribution is 2.37. The summed E-state index contributed by atoms with van der Waals surface area (Å²) >= 11 is 0. The SMILES string of the molecule is NCC[C@H](O)C(=O)C[C@@H]1CC(N)[C@@H](O[C@H]2OC(CN)[C@@H](O)CC2N)[C@H](F)C1OC1O[C@H](CO)[C@@H](O)C(NC(N)=NCc2cnc[nH]2)[C@H]1O. The lowest BCUT2D eigenvalue weighted by Gasteiger charge is -2.48. The second-order valence-electron chi connectivity index (χ2n) is 12.5. The van der Waals surface area contributed by atoms with Crippen molar-refractivity contribution in [3.8, 4) is 0 Å². The largest absolute Gasteiger partial charge is 0.394 e. The second-order valence-corrected chi connectivity index (χ2v) is 12.5. The first-order chi connectivity index (χ1) is 22.9. The van der Waals surface area contributed by atoms with E-state index in [0.717, 1.165) is 0 Å². The zero-order valence-electron chi connectivity index (χ0n) is 26.4. The van der Waals surface area contributed by atoms with Crippen LogP contribution in [0.25, 0.3) is 0 Å². The molecule has 0 aromatic carbocycles. The van der Waals surface area contributed by atoms with Crippen LogP contribution in [0.15, 0.2) is 17.5 Å². The van der Waals surface area contributed by atoms with Gasteiger partial charge in [-0.1, -0.05) is 0 Å². The number of H-pyrrole nitrogens is 1. The zero-order valence-corrected chi connectivity index (χ0v) is 26.4. The molecule has 6 unspecified atom stereocenters. The van der Waals surface area contributed by atoms with Crippen molar-refractivity contribution in [1.29, 1.82) is 0 Å². The third kappa shape index (κ3) is 9.21. The minimum atomic E-state index is -2.07. The zero-order chi connectivity index (χ0) is 35.1. The molecule has 0 spiro atoms. The van der Waals surface area contributed by atoms with Crippen molar-refractivity contribution in [2.45, 2.75) is 118 Å². The van der Waals surface area contributed by atoms with Crippen LogP contribution in [0, 0.1) is 5.92 Å². The van der Waals surface area contributed by atoms with E-state index in [1.54, 1.807) is 0 Å². The van der Waals surface area contributed by atoms with Crippen LogP contribution in [-0.2, 0) is 30.3 Å². The maximum atomic E-state index is 16.6. The molecule has 19 nitrogen and oxygen atoms in total. The maximum Gasteiger partial charge on any atom is 0.189 e. The average molecular weight is 692 g/mol. The van der Waals surface area contributed by atoms with Gasteiger partial charge >= 0.3 is 0 Å². The summed E-state index contributed by atoms with van der Waals surface area (Å²) in [6.07, 6.45) is -12.9. The number of aliphatic hydroxyl groups excluding tert-OH is 5. The lowest BCUT2D eigenvalue weighted by Crippen LogP contribution is -2.67. The molecule has 1 aromatic heterocycles. The molecule has 3 heterocycles. The predicted molar refractivity (Wildman–Crippen MR) is 165 cm³/mol. The normalized spacial score (nSPS) is 40.0. The number of hydrogen-bond acceptors (Lipinski definition) is 16. The summed E-state index contributed by atoms with van der Waals surface area (Å²) in [5, 5.41) is 55.3. The Hall–Kier alpha value is -2.44. The van der Waals surface area contributed by atoms with Crippen molar-refractivity contribution in [3.63, 3.8) is 0 Å². The van der Waals surface area contributed by atoms with Crippen LogP contribution in [-0.4, -0.2) is 153 Å². The third-order valence-corrected chi connectivity index (χ3v) is 8.95. The minimum Gasteiger partial charge on any atom is -0.394 e. The average Bonchev–Trinajstić information content (AvgIpc) is 3.58. The Balaban J connectivity index is 1.56. The van der Waals surface area contributed by atoms with Gasteiger partial charge in [0.25, 0.3) is 0 Å². The van der Waals surface area contributed by atoms with Gasteiger partial charge < -0.3 is 83.4 Å². The molecule has 3 aliphatic rings. The lowest BCUT2D eigenvalue weighted by atomic mass is 9.77. The fraction of sp³-hybridized carbons (Fsp3) is 0.821. The van der Waals surface area contributed by atoms with E-state index in [0.29, 0.717) is 5.69 Å². The van der Waals surface area contributed by atoms with E-state index in [9.17, 15) is 30.3 Å². The second kappa shape index (κ2) is 17.5. The fourth-order valence-corrected chi connectivity index (χ4v) is 6.26. The van der Waals surface area contributed by atoms with Crippen molar-refractivity contribution in [1.82, 2.24) is 15.3 Å². The number of Topliss-reactive ketones (excluding diaryl/α,β-unsaturated/α-hetero) is 1. The van der Waals surface area contributed by atoms with Crippen LogP contribution in [0.3, 0.4) is 0 Å². The number of hydrogen-bond donors (Lipinski definition) is 12. The highest BCUT2D eigenvalue weighted by atomic mass is 19.1. The number of carbonyl (C=O) groups excluding carboxylic acids is 1. The number of nitrogens with one attached hydrogen (secondary N) is 2. The molecular weight excluding hydrogens is 641 g/mol. The molecule has 17 N–H and O–H groups in total. The molecule has 1 aromatic rings. The van der Waals surface area contributed by atoms with Crippen LogP contribution < -0.4 is 34.0 Å². The molecule has 274 valence electrons. The van der Waals surface area contributed by atoms with Gasteiger partial charge in [0.15, 0.2) is 30.5 Å². The van der Waals surface area contributed by atoms with Crippen LogP contribution in [0.1, 0.15) is 31.4 Å². The van der Waals surface area contributed by atoms with Gasteiger partial charge in [-0.05, 0) is 31.7 Å². The standard InChI is InChI=1S/C28H50FN9O10/c29-20-24(47-27-23(44)21(22(43)19(9-39)46-27)38-28(34)36-8-12-7-35-10-37-12)11(4-16(41)15(40)1-2-30)3-13(32)25(20)48-26-14(33)5-17(42)18(6-31)45-26/h7,10-11,13-15,17-27,39-40,42-44H,1-6,8-9,30-33H2,(H,35,37)(H3,34,36,38)/t11-,13?,14?,15-,17-,18?,19+,20+,21?,22+,23+,24?,25+,26+,27?/m0/s1. The van der Waals surface area contributed by atoms with Gasteiger partial charge in [-0.3, -0.25) is 4.79 Å². The number of aliphatic imine (C=N–C) groups is 1. The van der Waals surface area contributed by atoms with E-state index in [2.05, 4.69) is 20.3 Å². The van der Waals surface area contributed by atoms with E-state index in [-0.39, 0.29) is 51.3 Å². The molecule has 2 saturated heterocycles. The molecular formula is C28H50FN9O10. The molecule has 1 saturated carbocycles. The Morgan fingerprint density at radius 2 is 1.81 bits per heavy atom. The van der Waals surface area contributed by atoms with E-state index in [1.165, 1.54) is 12.5 Å². The van der Waals surface area contributed by atoms with E-state index in [1.807, 2.05) is 0 Å². The number of alkyl halides is 1. The number of imidazole rings is 1. The Bertz CT molecular complexity index is 1170. The Labute approximate surface area is 276 Å². The first-order valence-electron chi connectivity index (χ1n) is 15.9. The number of ketones is 1. The third-order valence-electron chi connectivity index (χ3n) is 8.95. The predicted octanol–water partition coefficient (Wildman–Crippen LogP) is -5.49. The molecule has 1 aliphatic carbocycles. The highest BCUT2D eigenvalue weighted by molar-refractivity contribution is 5.83. The summed E-state index contributed by atoms with van der Waals surface area (Å²) in [6, 6.07) is -3.16. The number of halogens is 1. The van der Waals surface area contributed by atoms with Gasteiger partial charge in [-0.25, -0.2) is 14.4 Å². The Kier molecular flexibility index (Phi) is 14.0. The number of aliphatic hydroxyl groups is 5. The van der Waals surface area contributed by atoms with E-state index < -0.39 is 104 Å². The molecule has 0 bridgehead atoms. The number of aromatic amines is 1. The summed E-state index contributed by atoms with van der Waals surface area (Å²) in [4.78, 5) is 23.8. The summed E-state index contributed by atoms with van der Waals surface area (Å²) in [5.74, 6) is -1.74. The first kappa shape index (κ1) is 38.4. The Morgan fingerprint density at radius 3 is 2.46 bits per heavy atom. The summed E-state index contributed by atoms with van der Waals surface area (Å²) in [6.45, 7) is -0.632. The van der Waals surface area contributed by atoms with Crippen molar-refractivity contribution in [3.05, 3.63) is 18.2 Å². The lowest BCUT2D eigenvalue weighted by molar-refractivity contribution is -0.315.